The third-order valence-electron chi connectivity index (χ3n) is 5.64. The van der Waals surface area contributed by atoms with Crippen LogP contribution in [0.4, 0.5) is 24.9 Å². The summed E-state index contributed by atoms with van der Waals surface area (Å²) in [6.45, 7) is 2.88. The van der Waals surface area contributed by atoms with Crippen LogP contribution < -0.4 is 15.4 Å². The quantitative estimate of drug-likeness (QED) is 0.363. The average Bonchev–Trinajstić information content (AvgIpc) is 3.39. The first kappa shape index (κ1) is 24.3. The van der Waals surface area contributed by atoms with E-state index in [1.807, 2.05) is 6.92 Å². The zero-order valence-electron chi connectivity index (χ0n) is 18.7. The summed E-state index contributed by atoms with van der Waals surface area (Å²) < 4.78 is 49.7. The van der Waals surface area contributed by atoms with Gasteiger partial charge in [-0.2, -0.15) is 18.2 Å². The van der Waals surface area contributed by atoms with Crippen LogP contribution in [0.15, 0.2) is 16.5 Å². The standard InChI is InChI=1S/C22H25ClF3N5O3/c1-3-33-16-8-13-7-15(34-18(13)11(2)28-16)17-19(23)30-21(27-10-22(24,25)26)31-20(17)29-14-5-4-12(6-14)9-32/h7-8,12,14,32H,3-6,9-10H2,1-2H3,(H2,27,29,30,31)/t12-,14+/m1/s1. The van der Waals surface area contributed by atoms with Crippen LogP contribution in [-0.4, -0.2) is 52.0 Å². The highest BCUT2D eigenvalue weighted by atomic mass is 35.5. The number of hydrogen-bond donors (Lipinski definition) is 3. The Morgan fingerprint density at radius 2 is 2.03 bits per heavy atom. The Kier molecular flexibility index (Phi) is 7.04. The molecular weight excluding hydrogens is 475 g/mol. The lowest BCUT2D eigenvalue weighted by Gasteiger charge is -2.18. The van der Waals surface area contributed by atoms with Gasteiger partial charge < -0.3 is 24.9 Å². The molecule has 1 saturated carbocycles. The number of aryl methyl sites for hydroxylation is 1. The molecule has 0 radical (unpaired) electrons. The number of anilines is 2. The lowest BCUT2D eigenvalue weighted by atomic mass is 10.1. The summed E-state index contributed by atoms with van der Waals surface area (Å²) in [5.74, 6) is 0.951. The topological polar surface area (TPSA) is 105 Å². The molecule has 184 valence electrons. The predicted molar refractivity (Wildman–Crippen MR) is 122 cm³/mol. The number of nitrogens with zero attached hydrogens (tertiary/aromatic N) is 3. The summed E-state index contributed by atoms with van der Waals surface area (Å²) in [5, 5.41) is 15.6. The second kappa shape index (κ2) is 9.83. The van der Waals surface area contributed by atoms with Gasteiger partial charge in [0.2, 0.25) is 11.8 Å². The van der Waals surface area contributed by atoms with Crippen LogP contribution >= 0.6 is 11.6 Å². The van der Waals surface area contributed by atoms with Crippen molar-refractivity contribution in [3.63, 3.8) is 0 Å². The Morgan fingerprint density at radius 3 is 2.71 bits per heavy atom. The van der Waals surface area contributed by atoms with E-state index in [-0.39, 0.29) is 35.5 Å². The highest BCUT2D eigenvalue weighted by Gasteiger charge is 2.29. The fourth-order valence-corrected chi connectivity index (χ4v) is 4.36. The Bertz CT molecular complexity index is 1170. The van der Waals surface area contributed by atoms with E-state index in [4.69, 9.17) is 20.8 Å². The number of hydrogen-bond acceptors (Lipinski definition) is 8. The largest absolute Gasteiger partial charge is 0.478 e. The summed E-state index contributed by atoms with van der Waals surface area (Å²) >= 11 is 6.46. The van der Waals surface area contributed by atoms with Crippen molar-refractivity contribution in [3.05, 3.63) is 23.0 Å². The predicted octanol–water partition coefficient (Wildman–Crippen LogP) is 5.19. The monoisotopic (exact) mass is 499 g/mol. The van der Waals surface area contributed by atoms with Crippen LogP contribution in [-0.2, 0) is 0 Å². The maximum Gasteiger partial charge on any atom is 0.405 e. The third-order valence-corrected chi connectivity index (χ3v) is 5.91. The van der Waals surface area contributed by atoms with Gasteiger partial charge in [-0.05, 0) is 45.1 Å². The van der Waals surface area contributed by atoms with Crippen molar-refractivity contribution in [3.8, 4) is 17.2 Å². The molecule has 0 bridgehead atoms. The van der Waals surface area contributed by atoms with E-state index in [1.54, 1.807) is 19.1 Å². The summed E-state index contributed by atoms with van der Waals surface area (Å²) in [7, 11) is 0. The Labute approximate surface area is 198 Å². The minimum Gasteiger partial charge on any atom is -0.478 e. The summed E-state index contributed by atoms with van der Waals surface area (Å²) in [6.07, 6.45) is -2.14. The van der Waals surface area contributed by atoms with Crippen LogP contribution in [0.3, 0.4) is 0 Å². The maximum absolute atomic E-state index is 12.7. The minimum atomic E-state index is -4.44. The lowest BCUT2D eigenvalue weighted by Crippen LogP contribution is -2.23. The number of aliphatic hydroxyl groups excluding tert-OH is 1. The van der Waals surface area contributed by atoms with Crippen LogP contribution in [0.5, 0.6) is 5.88 Å². The molecule has 34 heavy (non-hydrogen) atoms. The van der Waals surface area contributed by atoms with Gasteiger partial charge in [0, 0.05) is 24.1 Å². The second-order valence-electron chi connectivity index (χ2n) is 8.24. The molecule has 3 N–H and O–H groups in total. The molecular formula is C22H25ClF3N5O3. The van der Waals surface area contributed by atoms with Crippen molar-refractivity contribution >= 4 is 34.3 Å². The highest BCUT2D eigenvalue weighted by Crippen LogP contribution is 2.39. The molecule has 0 amide bonds. The zero-order valence-corrected chi connectivity index (χ0v) is 19.4. The molecule has 3 aromatic heterocycles. The highest BCUT2D eigenvalue weighted by molar-refractivity contribution is 6.32. The molecule has 2 atom stereocenters. The molecule has 0 unspecified atom stereocenters. The molecule has 12 heteroatoms. The average molecular weight is 500 g/mol. The fraction of sp³-hybridized carbons (Fsp3) is 0.500. The third kappa shape index (κ3) is 5.47. The van der Waals surface area contributed by atoms with Crippen LogP contribution in [0, 0.1) is 12.8 Å². The molecule has 1 aliphatic rings. The van der Waals surface area contributed by atoms with Gasteiger partial charge >= 0.3 is 6.18 Å². The van der Waals surface area contributed by atoms with E-state index >= 15 is 0 Å². The Morgan fingerprint density at radius 1 is 1.24 bits per heavy atom. The van der Waals surface area contributed by atoms with Crippen molar-refractivity contribution in [2.45, 2.75) is 45.3 Å². The number of nitrogens with one attached hydrogen (secondary N) is 2. The number of aliphatic hydroxyl groups is 1. The molecule has 3 heterocycles. The van der Waals surface area contributed by atoms with Crippen molar-refractivity contribution in [1.82, 2.24) is 15.0 Å². The Hall–Kier alpha value is -2.79. The number of furan rings is 1. The van der Waals surface area contributed by atoms with E-state index in [2.05, 4.69) is 25.6 Å². The number of fused-ring (bicyclic) bond motifs is 1. The Balaban J connectivity index is 1.75. The molecule has 0 spiro atoms. The molecule has 0 aliphatic heterocycles. The van der Waals surface area contributed by atoms with Crippen LogP contribution in [0.25, 0.3) is 22.3 Å². The number of ether oxygens (including phenoxy) is 1. The minimum absolute atomic E-state index is 0.0327. The summed E-state index contributed by atoms with van der Waals surface area (Å²) in [5.41, 5.74) is 1.48. The molecule has 8 nitrogen and oxygen atoms in total. The smallest absolute Gasteiger partial charge is 0.405 e. The van der Waals surface area contributed by atoms with Gasteiger partial charge in [0.25, 0.3) is 0 Å². The van der Waals surface area contributed by atoms with Gasteiger partial charge in [0.05, 0.1) is 17.9 Å². The number of halogens is 4. The lowest BCUT2D eigenvalue weighted by molar-refractivity contribution is -0.115. The van der Waals surface area contributed by atoms with E-state index in [1.165, 1.54) is 0 Å². The van der Waals surface area contributed by atoms with Crippen molar-refractivity contribution in [2.24, 2.45) is 5.92 Å². The van der Waals surface area contributed by atoms with Gasteiger partial charge in [-0.25, -0.2) is 9.97 Å². The van der Waals surface area contributed by atoms with Gasteiger partial charge in [-0.1, -0.05) is 11.6 Å². The zero-order chi connectivity index (χ0) is 24.5. The molecule has 1 aliphatic carbocycles. The fourth-order valence-electron chi connectivity index (χ4n) is 4.10. The van der Waals surface area contributed by atoms with Gasteiger partial charge in [0.1, 0.15) is 23.3 Å². The molecule has 0 saturated heterocycles. The normalized spacial score (nSPS) is 18.4. The van der Waals surface area contributed by atoms with Crippen LogP contribution in [0.2, 0.25) is 5.15 Å². The van der Waals surface area contributed by atoms with Crippen LogP contribution in [0.1, 0.15) is 31.9 Å². The van der Waals surface area contributed by atoms with E-state index in [0.29, 0.717) is 41.5 Å². The SMILES string of the molecule is CCOc1cc2cc(-c3c(Cl)nc(NCC(F)(F)F)nc3N[C@H]3CC[C@@H](CO)C3)oc2c(C)n1. The summed E-state index contributed by atoms with van der Waals surface area (Å²) in [4.78, 5) is 12.7. The first-order chi connectivity index (χ1) is 16.2. The van der Waals surface area contributed by atoms with Crippen molar-refractivity contribution < 1.29 is 27.4 Å². The number of alkyl halides is 3. The van der Waals surface area contributed by atoms with E-state index in [9.17, 15) is 18.3 Å². The number of pyridine rings is 1. The maximum atomic E-state index is 12.7. The second-order valence-corrected chi connectivity index (χ2v) is 8.60. The number of rotatable bonds is 8. The molecule has 0 aromatic carbocycles. The van der Waals surface area contributed by atoms with E-state index in [0.717, 1.165) is 18.2 Å². The first-order valence-electron chi connectivity index (χ1n) is 11.0. The van der Waals surface area contributed by atoms with E-state index < -0.39 is 12.7 Å². The number of aromatic nitrogens is 3. The molecule has 4 rings (SSSR count). The first-order valence-corrected chi connectivity index (χ1v) is 11.3. The van der Waals surface area contributed by atoms with Crippen molar-refractivity contribution in [2.75, 3.05) is 30.4 Å². The summed E-state index contributed by atoms with van der Waals surface area (Å²) in [6, 6.07) is 3.45. The van der Waals surface area contributed by atoms with Crippen molar-refractivity contribution in [1.29, 1.82) is 0 Å². The molecule has 3 aromatic rings. The molecule has 1 fully saturated rings. The van der Waals surface area contributed by atoms with Gasteiger partial charge in [-0.15, -0.1) is 0 Å². The van der Waals surface area contributed by atoms with Gasteiger partial charge in [0.15, 0.2) is 5.58 Å². The van der Waals surface area contributed by atoms with Gasteiger partial charge in [-0.3, -0.25) is 0 Å².